The summed E-state index contributed by atoms with van der Waals surface area (Å²) in [5, 5.41) is 13.4. The van der Waals surface area contributed by atoms with Gasteiger partial charge in [-0.2, -0.15) is 0 Å². The highest BCUT2D eigenvalue weighted by molar-refractivity contribution is 7.99. The highest BCUT2D eigenvalue weighted by Crippen LogP contribution is 2.38. The summed E-state index contributed by atoms with van der Waals surface area (Å²) in [5.41, 5.74) is 2.60. The lowest BCUT2D eigenvalue weighted by atomic mass is 10.1. The molecule has 3 aromatic rings. The molecule has 0 aliphatic heterocycles. The maximum Gasteiger partial charge on any atom is 0.341 e. The topological polar surface area (TPSA) is 95.3 Å². The van der Waals surface area contributed by atoms with Gasteiger partial charge in [0.15, 0.2) is 17.1 Å². The number of aromatic nitrogens is 3. The second-order valence-electron chi connectivity index (χ2n) is 9.10. The molecule has 8 nitrogen and oxygen atoms in total. The molecule has 1 N–H and O–H groups in total. The Balaban J connectivity index is 1.45. The van der Waals surface area contributed by atoms with E-state index in [4.69, 9.17) is 21.1 Å². The van der Waals surface area contributed by atoms with Crippen molar-refractivity contribution in [3.05, 3.63) is 50.6 Å². The van der Waals surface area contributed by atoms with Gasteiger partial charge in [-0.1, -0.05) is 35.9 Å². The summed E-state index contributed by atoms with van der Waals surface area (Å²) in [4.78, 5) is 26.9. The molecule has 1 aliphatic rings. The molecule has 2 heterocycles. The number of carbonyl (C=O) groups excluding carboxylic acids is 2. The summed E-state index contributed by atoms with van der Waals surface area (Å²) in [5.74, 6) is 0.791. The smallest absolute Gasteiger partial charge is 0.341 e. The minimum Gasteiger partial charge on any atom is -0.481 e. The molecule has 0 saturated carbocycles. The van der Waals surface area contributed by atoms with E-state index in [2.05, 4.69) is 15.5 Å². The molecular weight excluding hydrogens is 544 g/mol. The van der Waals surface area contributed by atoms with Crippen LogP contribution in [-0.2, 0) is 28.9 Å². The number of carbonyl (C=O) groups is 2. The van der Waals surface area contributed by atoms with Gasteiger partial charge in [-0.3, -0.25) is 4.79 Å². The number of esters is 1. The maximum absolute atomic E-state index is 13.0. The van der Waals surface area contributed by atoms with E-state index in [-0.39, 0.29) is 17.6 Å². The van der Waals surface area contributed by atoms with Crippen LogP contribution in [0.2, 0.25) is 5.02 Å². The number of rotatable bonds is 10. The van der Waals surface area contributed by atoms with Crippen LogP contribution in [0.15, 0.2) is 23.4 Å². The average molecular weight is 577 g/mol. The zero-order chi connectivity index (χ0) is 27.2. The molecule has 0 bridgehead atoms. The first-order valence-corrected chi connectivity index (χ1v) is 15.1. The van der Waals surface area contributed by atoms with Crippen LogP contribution in [0.4, 0.5) is 5.00 Å². The quantitative estimate of drug-likeness (QED) is 0.164. The first-order chi connectivity index (χ1) is 18.3. The molecule has 0 radical (unpaired) electrons. The summed E-state index contributed by atoms with van der Waals surface area (Å²) in [6, 6.07) is 5.62. The molecule has 1 amide bonds. The van der Waals surface area contributed by atoms with Gasteiger partial charge in [-0.25, -0.2) is 4.79 Å². The Hall–Kier alpha value is -2.56. The van der Waals surface area contributed by atoms with Crippen LogP contribution in [0.3, 0.4) is 0 Å². The lowest BCUT2D eigenvalue weighted by Crippen LogP contribution is -2.17. The summed E-state index contributed by atoms with van der Waals surface area (Å²) < 4.78 is 13.4. The molecule has 1 aromatic carbocycles. The molecule has 1 unspecified atom stereocenters. The van der Waals surface area contributed by atoms with Gasteiger partial charge in [-0.05, 0) is 76.6 Å². The number of thioether (sulfide) groups is 1. The Morgan fingerprint density at radius 3 is 2.76 bits per heavy atom. The lowest BCUT2D eigenvalue weighted by molar-refractivity contribution is -0.113. The van der Waals surface area contributed by atoms with Gasteiger partial charge < -0.3 is 19.4 Å². The number of ether oxygens (including phenoxy) is 2. The van der Waals surface area contributed by atoms with E-state index in [0.29, 0.717) is 45.5 Å². The maximum atomic E-state index is 13.0. The van der Waals surface area contributed by atoms with Crippen molar-refractivity contribution in [3.63, 3.8) is 0 Å². The van der Waals surface area contributed by atoms with Crippen LogP contribution in [0.5, 0.6) is 5.75 Å². The number of fused-ring (bicyclic) bond motifs is 1. The molecule has 0 saturated heterocycles. The van der Waals surface area contributed by atoms with Crippen molar-refractivity contribution in [1.82, 2.24) is 14.8 Å². The van der Waals surface area contributed by atoms with Gasteiger partial charge in [0.1, 0.15) is 10.8 Å². The molecule has 1 atom stereocenters. The monoisotopic (exact) mass is 576 g/mol. The fourth-order valence-electron chi connectivity index (χ4n) is 4.49. The molecule has 0 fully saturated rings. The Morgan fingerprint density at radius 1 is 1.21 bits per heavy atom. The van der Waals surface area contributed by atoms with E-state index in [0.717, 1.165) is 43.2 Å². The number of hydrogen-bond donors (Lipinski definition) is 1. The third-order valence-electron chi connectivity index (χ3n) is 6.30. The summed E-state index contributed by atoms with van der Waals surface area (Å²) >= 11 is 9.09. The SMILES string of the molecule is CCOC(=O)c1c(NC(=O)CSc2nnc(C(C)Oc3cc(C)ccc3Cl)n2CC)sc2c1CCCCC2. The van der Waals surface area contributed by atoms with E-state index in [9.17, 15) is 9.59 Å². The van der Waals surface area contributed by atoms with E-state index in [1.54, 1.807) is 6.92 Å². The zero-order valence-corrected chi connectivity index (χ0v) is 24.5. The van der Waals surface area contributed by atoms with Crippen molar-refractivity contribution >= 4 is 51.6 Å². The van der Waals surface area contributed by atoms with Gasteiger partial charge >= 0.3 is 5.97 Å². The largest absolute Gasteiger partial charge is 0.481 e. The highest BCUT2D eigenvalue weighted by Gasteiger charge is 2.27. The molecule has 11 heteroatoms. The Kier molecular flexibility index (Phi) is 9.73. The van der Waals surface area contributed by atoms with Crippen molar-refractivity contribution in [2.45, 2.75) is 77.6 Å². The van der Waals surface area contributed by atoms with E-state index >= 15 is 0 Å². The zero-order valence-electron chi connectivity index (χ0n) is 22.1. The summed E-state index contributed by atoms with van der Waals surface area (Å²) in [7, 11) is 0. The molecule has 1 aliphatic carbocycles. The van der Waals surface area contributed by atoms with Crippen molar-refractivity contribution in [2.75, 3.05) is 17.7 Å². The van der Waals surface area contributed by atoms with Crippen LogP contribution in [0.1, 0.15) is 78.3 Å². The lowest BCUT2D eigenvalue weighted by Gasteiger charge is -2.16. The van der Waals surface area contributed by atoms with Crippen molar-refractivity contribution in [1.29, 1.82) is 0 Å². The van der Waals surface area contributed by atoms with Crippen molar-refractivity contribution < 1.29 is 19.1 Å². The van der Waals surface area contributed by atoms with Crippen LogP contribution >= 0.6 is 34.7 Å². The van der Waals surface area contributed by atoms with Gasteiger partial charge in [0, 0.05) is 11.4 Å². The fraction of sp³-hybridized carbons (Fsp3) is 0.481. The number of nitrogens with zero attached hydrogens (tertiary/aromatic N) is 3. The predicted octanol–water partition coefficient (Wildman–Crippen LogP) is 6.64. The van der Waals surface area contributed by atoms with Crippen molar-refractivity contribution in [3.8, 4) is 5.75 Å². The molecular formula is C27H33ClN4O4S2. The number of amides is 1. The van der Waals surface area contributed by atoms with Gasteiger partial charge in [0.25, 0.3) is 0 Å². The summed E-state index contributed by atoms with van der Waals surface area (Å²) in [6.45, 7) is 8.57. The Bertz CT molecular complexity index is 1310. The average Bonchev–Trinajstić information content (AvgIpc) is 3.37. The first-order valence-electron chi connectivity index (χ1n) is 12.9. The molecule has 38 heavy (non-hydrogen) atoms. The standard InChI is InChI=1S/C27H33ClN4O4S2/c1-5-32-24(17(4)36-20-14-16(3)12-13-19(20)28)30-31-27(32)37-15-22(33)29-25-23(26(34)35-6-2)18-10-8-7-9-11-21(18)38-25/h12-14,17H,5-11,15H2,1-4H3,(H,29,33). The number of thiophene rings is 1. The van der Waals surface area contributed by atoms with Crippen molar-refractivity contribution in [2.24, 2.45) is 0 Å². The third-order valence-corrected chi connectivity index (χ3v) is 8.79. The Labute approximate surface area is 236 Å². The van der Waals surface area contributed by atoms with Crippen LogP contribution in [0, 0.1) is 6.92 Å². The van der Waals surface area contributed by atoms with E-state index in [1.165, 1.54) is 28.0 Å². The van der Waals surface area contributed by atoms with Crippen LogP contribution < -0.4 is 10.1 Å². The normalized spacial score (nSPS) is 13.9. The minimum absolute atomic E-state index is 0.127. The number of nitrogens with one attached hydrogen (secondary N) is 1. The molecule has 0 spiro atoms. The van der Waals surface area contributed by atoms with Crippen LogP contribution in [-0.4, -0.2) is 39.0 Å². The minimum atomic E-state index is -0.390. The highest BCUT2D eigenvalue weighted by atomic mass is 35.5. The fourth-order valence-corrected chi connectivity index (χ4v) is 6.76. The predicted molar refractivity (Wildman–Crippen MR) is 152 cm³/mol. The number of hydrogen-bond acceptors (Lipinski definition) is 8. The summed E-state index contributed by atoms with van der Waals surface area (Å²) in [6.07, 6.45) is 4.63. The first kappa shape index (κ1) is 28.4. The molecule has 4 rings (SSSR count). The second-order valence-corrected chi connectivity index (χ2v) is 11.6. The Morgan fingerprint density at radius 2 is 2.00 bits per heavy atom. The third kappa shape index (κ3) is 6.52. The number of anilines is 1. The van der Waals surface area contributed by atoms with Crippen LogP contribution in [0.25, 0.3) is 0 Å². The molecule has 2 aromatic heterocycles. The van der Waals surface area contributed by atoms with Gasteiger partial charge in [0.05, 0.1) is 22.9 Å². The van der Waals surface area contributed by atoms with Gasteiger partial charge in [0.2, 0.25) is 5.91 Å². The number of aryl methyl sites for hydroxylation is 2. The second kappa shape index (κ2) is 13.0. The van der Waals surface area contributed by atoms with E-state index in [1.807, 2.05) is 43.5 Å². The van der Waals surface area contributed by atoms with E-state index < -0.39 is 6.10 Å². The number of halogens is 1. The van der Waals surface area contributed by atoms with Gasteiger partial charge in [-0.15, -0.1) is 21.5 Å². The number of benzene rings is 1. The molecule has 204 valence electrons.